The van der Waals surface area contributed by atoms with Crippen LogP contribution in [-0.4, -0.2) is 6.61 Å². The molecule has 0 saturated heterocycles. The van der Waals surface area contributed by atoms with E-state index in [4.69, 9.17) is 15.2 Å². The minimum absolute atomic E-state index is 0.510. The van der Waals surface area contributed by atoms with Gasteiger partial charge < -0.3 is 15.2 Å². The third-order valence-electron chi connectivity index (χ3n) is 2.49. The van der Waals surface area contributed by atoms with Gasteiger partial charge in [0.15, 0.2) is 0 Å². The number of hydrogen-bond donors (Lipinski definition) is 1. The molecule has 0 unspecified atom stereocenters. The molecule has 2 rings (SSSR count). The predicted molar refractivity (Wildman–Crippen MR) is 72.0 cm³/mol. The normalized spacial score (nSPS) is 10.1. The molecule has 0 aliphatic carbocycles. The molecule has 0 aliphatic heterocycles. The average molecular weight is 243 g/mol. The molecule has 0 amide bonds. The van der Waals surface area contributed by atoms with E-state index in [0.29, 0.717) is 13.2 Å². The van der Waals surface area contributed by atoms with Crippen molar-refractivity contribution in [2.24, 2.45) is 5.73 Å². The summed E-state index contributed by atoms with van der Waals surface area (Å²) >= 11 is 0. The summed E-state index contributed by atoms with van der Waals surface area (Å²) in [4.78, 5) is 0. The van der Waals surface area contributed by atoms with Gasteiger partial charge in [0.1, 0.15) is 17.2 Å². The van der Waals surface area contributed by atoms with Gasteiger partial charge in [-0.1, -0.05) is 18.2 Å². The van der Waals surface area contributed by atoms with Crippen molar-refractivity contribution >= 4 is 0 Å². The number of rotatable bonds is 5. The second-order valence-corrected chi connectivity index (χ2v) is 3.86. The number of nitrogens with two attached hydrogens (primary N) is 1. The molecule has 0 aromatic heterocycles. The van der Waals surface area contributed by atoms with Gasteiger partial charge in [0, 0.05) is 12.6 Å². The summed E-state index contributed by atoms with van der Waals surface area (Å²) in [7, 11) is 0. The minimum atomic E-state index is 0.510. The lowest BCUT2D eigenvalue weighted by Gasteiger charge is -2.09. The molecule has 0 atom stereocenters. The van der Waals surface area contributed by atoms with Crippen LogP contribution in [0.1, 0.15) is 12.5 Å². The SMILES string of the molecule is CCOc1cccc(Oc2cccc(CN)c2)c1. The summed E-state index contributed by atoms with van der Waals surface area (Å²) < 4.78 is 11.2. The molecule has 0 fully saturated rings. The molecule has 0 aliphatic rings. The van der Waals surface area contributed by atoms with Crippen molar-refractivity contribution in [1.29, 1.82) is 0 Å². The standard InChI is InChI=1S/C15H17NO2/c1-2-17-13-6-4-8-15(10-13)18-14-7-3-5-12(9-14)11-16/h3-10H,2,11,16H2,1H3. The summed E-state index contributed by atoms with van der Waals surface area (Å²) in [6, 6.07) is 15.4. The highest BCUT2D eigenvalue weighted by Crippen LogP contribution is 2.25. The van der Waals surface area contributed by atoms with Crippen LogP contribution >= 0.6 is 0 Å². The maximum atomic E-state index is 5.77. The molecule has 2 N–H and O–H groups in total. The maximum absolute atomic E-state index is 5.77. The van der Waals surface area contributed by atoms with E-state index < -0.39 is 0 Å². The third-order valence-corrected chi connectivity index (χ3v) is 2.49. The van der Waals surface area contributed by atoms with Gasteiger partial charge in [0.2, 0.25) is 0 Å². The molecule has 3 nitrogen and oxygen atoms in total. The zero-order chi connectivity index (χ0) is 12.8. The van der Waals surface area contributed by atoms with Crippen LogP contribution in [0.4, 0.5) is 0 Å². The van der Waals surface area contributed by atoms with Crippen molar-refractivity contribution in [3.63, 3.8) is 0 Å². The van der Waals surface area contributed by atoms with Gasteiger partial charge in [0.25, 0.3) is 0 Å². The first-order valence-electron chi connectivity index (χ1n) is 6.01. The molecule has 3 heteroatoms. The van der Waals surface area contributed by atoms with E-state index in [2.05, 4.69) is 0 Å². The van der Waals surface area contributed by atoms with Crippen molar-refractivity contribution in [3.05, 3.63) is 54.1 Å². The summed E-state index contributed by atoms with van der Waals surface area (Å²) in [6.45, 7) is 3.11. The van der Waals surface area contributed by atoms with E-state index in [9.17, 15) is 0 Å². The lowest BCUT2D eigenvalue weighted by atomic mass is 10.2. The summed E-state index contributed by atoms with van der Waals surface area (Å²) in [5, 5.41) is 0. The highest BCUT2D eigenvalue weighted by Gasteiger charge is 2.00. The van der Waals surface area contributed by atoms with E-state index >= 15 is 0 Å². The van der Waals surface area contributed by atoms with E-state index in [1.807, 2.05) is 55.5 Å². The number of benzene rings is 2. The zero-order valence-electron chi connectivity index (χ0n) is 10.4. The van der Waals surface area contributed by atoms with Crippen LogP contribution in [0, 0.1) is 0 Å². The van der Waals surface area contributed by atoms with Crippen LogP contribution in [0.15, 0.2) is 48.5 Å². The van der Waals surface area contributed by atoms with Gasteiger partial charge in [0.05, 0.1) is 6.61 Å². The maximum Gasteiger partial charge on any atom is 0.131 e. The molecule has 0 saturated carbocycles. The van der Waals surface area contributed by atoms with Crippen LogP contribution in [-0.2, 0) is 6.54 Å². The Bertz CT molecular complexity index is 511. The summed E-state index contributed by atoms with van der Waals surface area (Å²) in [5.74, 6) is 2.35. The second-order valence-electron chi connectivity index (χ2n) is 3.86. The molecule has 0 spiro atoms. The average Bonchev–Trinajstić information content (AvgIpc) is 2.40. The lowest BCUT2D eigenvalue weighted by Crippen LogP contribution is -1.96. The smallest absolute Gasteiger partial charge is 0.131 e. The van der Waals surface area contributed by atoms with Crippen molar-refractivity contribution in [3.8, 4) is 17.2 Å². The largest absolute Gasteiger partial charge is 0.494 e. The van der Waals surface area contributed by atoms with Gasteiger partial charge >= 0.3 is 0 Å². The van der Waals surface area contributed by atoms with Crippen molar-refractivity contribution < 1.29 is 9.47 Å². The van der Waals surface area contributed by atoms with Crippen molar-refractivity contribution in [1.82, 2.24) is 0 Å². The first kappa shape index (κ1) is 12.5. The summed E-state index contributed by atoms with van der Waals surface area (Å²) in [6.07, 6.45) is 0. The van der Waals surface area contributed by atoms with E-state index in [-0.39, 0.29) is 0 Å². The number of ether oxygens (including phenoxy) is 2. The van der Waals surface area contributed by atoms with Crippen LogP contribution in [0.3, 0.4) is 0 Å². The Morgan fingerprint density at radius 1 is 0.944 bits per heavy atom. The van der Waals surface area contributed by atoms with Crippen LogP contribution in [0.2, 0.25) is 0 Å². The van der Waals surface area contributed by atoms with E-state index in [1.54, 1.807) is 0 Å². The lowest BCUT2D eigenvalue weighted by molar-refractivity contribution is 0.338. The first-order chi connectivity index (χ1) is 8.81. The molecule has 2 aromatic rings. The van der Waals surface area contributed by atoms with Gasteiger partial charge in [-0.15, -0.1) is 0 Å². The Kier molecular flexibility index (Phi) is 4.20. The topological polar surface area (TPSA) is 44.5 Å². The molecule has 94 valence electrons. The second kappa shape index (κ2) is 6.07. The minimum Gasteiger partial charge on any atom is -0.494 e. The fourth-order valence-electron chi connectivity index (χ4n) is 1.67. The zero-order valence-corrected chi connectivity index (χ0v) is 10.4. The Labute approximate surface area is 107 Å². The molecule has 0 radical (unpaired) electrons. The Morgan fingerprint density at radius 3 is 2.33 bits per heavy atom. The Morgan fingerprint density at radius 2 is 1.61 bits per heavy atom. The molecular weight excluding hydrogens is 226 g/mol. The van der Waals surface area contributed by atoms with Crippen molar-refractivity contribution in [2.45, 2.75) is 13.5 Å². The monoisotopic (exact) mass is 243 g/mol. The predicted octanol–water partition coefficient (Wildman–Crippen LogP) is 3.34. The van der Waals surface area contributed by atoms with Gasteiger partial charge in [-0.2, -0.15) is 0 Å². The van der Waals surface area contributed by atoms with Crippen LogP contribution in [0.25, 0.3) is 0 Å². The molecule has 0 heterocycles. The molecular formula is C15H17NO2. The van der Waals surface area contributed by atoms with E-state index in [0.717, 1.165) is 22.8 Å². The first-order valence-corrected chi connectivity index (χ1v) is 6.01. The van der Waals surface area contributed by atoms with Crippen molar-refractivity contribution in [2.75, 3.05) is 6.61 Å². The highest BCUT2D eigenvalue weighted by molar-refractivity contribution is 5.38. The summed E-state index contributed by atoms with van der Waals surface area (Å²) in [5.41, 5.74) is 6.65. The molecule has 0 bridgehead atoms. The van der Waals surface area contributed by atoms with E-state index in [1.165, 1.54) is 0 Å². The number of hydrogen-bond acceptors (Lipinski definition) is 3. The molecule has 2 aromatic carbocycles. The fourth-order valence-corrected chi connectivity index (χ4v) is 1.67. The Hall–Kier alpha value is -2.00. The van der Waals surface area contributed by atoms with Crippen LogP contribution < -0.4 is 15.2 Å². The van der Waals surface area contributed by atoms with Gasteiger partial charge in [-0.25, -0.2) is 0 Å². The Balaban J connectivity index is 2.14. The fraction of sp³-hybridized carbons (Fsp3) is 0.200. The van der Waals surface area contributed by atoms with Crippen LogP contribution in [0.5, 0.6) is 17.2 Å². The quantitative estimate of drug-likeness (QED) is 0.876. The van der Waals surface area contributed by atoms with Gasteiger partial charge in [-0.05, 0) is 36.8 Å². The highest BCUT2D eigenvalue weighted by atomic mass is 16.5. The molecule has 18 heavy (non-hydrogen) atoms. The third kappa shape index (κ3) is 3.25. The van der Waals surface area contributed by atoms with Gasteiger partial charge in [-0.3, -0.25) is 0 Å².